The number of aromatic hydroxyl groups is 1. The predicted molar refractivity (Wildman–Crippen MR) is 81.7 cm³/mol. The van der Waals surface area contributed by atoms with Gasteiger partial charge in [0.05, 0.1) is 11.8 Å². The number of rotatable bonds is 3. The number of para-hydroxylation sites is 1. The van der Waals surface area contributed by atoms with Gasteiger partial charge in [-0.1, -0.05) is 28.1 Å². The number of hydrazone groups is 1. The topological polar surface area (TPSA) is 87.7 Å². The Labute approximate surface area is 124 Å². The van der Waals surface area contributed by atoms with Gasteiger partial charge in [-0.3, -0.25) is 4.79 Å². The summed E-state index contributed by atoms with van der Waals surface area (Å²) < 4.78 is 0.801. The fraction of sp³-hybridized carbons (Fsp3) is 0. The van der Waals surface area contributed by atoms with Crippen molar-refractivity contribution in [3.63, 3.8) is 0 Å². The summed E-state index contributed by atoms with van der Waals surface area (Å²) in [6.45, 7) is 0. The highest BCUT2D eigenvalue weighted by Crippen LogP contribution is 2.20. The minimum Gasteiger partial charge on any atom is -0.507 e. The van der Waals surface area contributed by atoms with Gasteiger partial charge in [-0.15, -0.1) is 0 Å². The lowest BCUT2D eigenvalue weighted by atomic mass is 10.2. The standard InChI is InChI=1S/C14H12BrN3O2/c15-10-5-6-13(19)9(7-10)8-17-18-14(20)11-3-1-2-4-12(11)16/h1-8,19H,16H2,(H,18,20)/b17-8+. The third-order valence-electron chi connectivity index (χ3n) is 2.56. The summed E-state index contributed by atoms with van der Waals surface area (Å²) >= 11 is 3.29. The van der Waals surface area contributed by atoms with Crippen molar-refractivity contribution in [1.29, 1.82) is 0 Å². The number of halogens is 1. The SMILES string of the molecule is Nc1ccccc1C(=O)N/N=C/c1cc(Br)ccc1O. The largest absolute Gasteiger partial charge is 0.507 e. The molecule has 0 saturated carbocycles. The summed E-state index contributed by atoms with van der Waals surface area (Å²) in [5.74, 6) is -0.334. The van der Waals surface area contributed by atoms with Crippen LogP contribution in [0.2, 0.25) is 0 Å². The molecule has 2 aromatic rings. The molecule has 0 radical (unpaired) electrons. The molecule has 1 amide bonds. The van der Waals surface area contributed by atoms with Crippen LogP contribution in [0.15, 0.2) is 52.0 Å². The zero-order valence-electron chi connectivity index (χ0n) is 10.4. The molecule has 0 aliphatic rings. The Morgan fingerprint density at radius 2 is 2.05 bits per heavy atom. The van der Waals surface area contributed by atoms with E-state index in [2.05, 4.69) is 26.5 Å². The zero-order valence-corrected chi connectivity index (χ0v) is 12.0. The number of phenols is 1. The van der Waals surface area contributed by atoms with Gasteiger partial charge in [0.1, 0.15) is 5.75 Å². The Kier molecular flexibility index (Phi) is 4.37. The minimum absolute atomic E-state index is 0.0745. The Hall–Kier alpha value is -2.34. The number of anilines is 1. The Morgan fingerprint density at radius 1 is 1.30 bits per heavy atom. The van der Waals surface area contributed by atoms with E-state index in [-0.39, 0.29) is 5.75 Å². The number of amides is 1. The van der Waals surface area contributed by atoms with Gasteiger partial charge in [0.15, 0.2) is 0 Å². The van der Waals surface area contributed by atoms with Gasteiger partial charge < -0.3 is 10.8 Å². The molecule has 0 fully saturated rings. The molecule has 102 valence electrons. The number of benzene rings is 2. The normalized spacial score (nSPS) is 10.7. The number of carbonyl (C=O) groups is 1. The lowest BCUT2D eigenvalue weighted by Gasteiger charge is -2.03. The number of nitrogens with two attached hydrogens (primary N) is 1. The molecule has 0 aliphatic heterocycles. The summed E-state index contributed by atoms with van der Waals surface area (Å²) in [6.07, 6.45) is 1.36. The Bertz CT molecular complexity index is 671. The lowest BCUT2D eigenvalue weighted by molar-refractivity contribution is 0.0956. The van der Waals surface area contributed by atoms with Crippen molar-refractivity contribution in [3.05, 3.63) is 58.1 Å². The van der Waals surface area contributed by atoms with Crippen LogP contribution in [0.5, 0.6) is 5.75 Å². The van der Waals surface area contributed by atoms with Crippen LogP contribution in [0.25, 0.3) is 0 Å². The van der Waals surface area contributed by atoms with Gasteiger partial charge in [-0.2, -0.15) is 5.10 Å². The third-order valence-corrected chi connectivity index (χ3v) is 3.06. The number of nitrogen functional groups attached to an aromatic ring is 1. The van der Waals surface area contributed by atoms with Gasteiger partial charge >= 0.3 is 0 Å². The first-order valence-electron chi connectivity index (χ1n) is 5.74. The summed E-state index contributed by atoms with van der Waals surface area (Å²) in [7, 11) is 0. The fourth-order valence-corrected chi connectivity index (χ4v) is 1.93. The highest BCUT2D eigenvalue weighted by atomic mass is 79.9. The van der Waals surface area contributed by atoms with E-state index in [4.69, 9.17) is 5.73 Å². The van der Waals surface area contributed by atoms with Crippen molar-refractivity contribution < 1.29 is 9.90 Å². The molecule has 0 aliphatic carbocycles. The zero-order chi connectivity index (χ0) is 14.5. The van der Waals surface area contributed by atoms with E-state index in [1.807, 2.05) is 0 Å². The quantitative estimate of drug-likeness (QED) is 0.458. The van der Waals surface area contributed by atoms with Crippen molar-refractivity contribution in [1.82, 2.24) is 5.43 Å². The van der Waals surface area contributed by atoms with Gasteiger partial charge in [0, 0.05) is 15.7 Å². The maximum Gasteiger partial charge on any atom is 0.273 e. The molecule has 5 nitrogen and oxygen atoms in total. The maximum absolute atomic E-state index is 11.8. The average Bonchev–Trinajstić information content (AvgIpc) is 2.43. The average molecular weight is 334 g/mol. The van der Waals surface area contributed by atoms with E-state index in [0.29, 0.717) is 16.8 Å². The lowest BCUT2D eigenvalue weighted by Crippen LogP contribution is -2.19. The van der Waals surface area contributed by atoms with Crippen molar-refractivity contribution in [2.24, 2.45) is 5.10 Å². The van der Waals surface area contributed by atoms with E-state index in [1.54, 1.807) is 36.4 Å². The van der Waals surface area contributed by atoms with Crippen LogP contribution < -0.4 is 11.2 Å². The number of hydrogen-bond donors (Lipinski definition) is 3. The molecule has 2 aromatic carbocycles. The monoisotopic (exact) mass is 333 g/mol. The first-order valence-corrected chi connectivity index (χ1v) is 6.53. The van der Waals surface area contributed by atoms with Crippen LogP contribution in [-0.4, -0.2) is 17.2 Å². The van der Waals surface area contributed by atoms with Gasteiger partial charge in [0.25, 0.3) is 5.91 Å². The second-order valence-corrected chi connectivity index (χ2v) is 4.91. The van der Waals surface area contributed by atoms with E-state index in [1.165, 1.54) is 12.3 Å². The molecule has 0 unspecified atom stereocenters. The van der Waals surface area contributed by atoms with Crippen molar-refractivity contribution in [2.45, 2.75) is 0 Å². The van der Waals surface area contributed by atoms with Crippen LogP contribution in [0.1, 0.15) is 15.9 Å². The van der Waals surface area contributed by atoms with Crippen LogP contribution in [0, 0.1) is 0 Å². The summed E-state index contributed by atoms with van der Waals surface area (Å²) in [5.41, 5.74) is 9.27. The first-order chi connectivity index (χ1) is 9.58. The second-order valence-electron chi connectivity index (χ2n) is 3.99. The fourth-order valence-electron chi connectivity index (χ4n) is 1.55. The molecule has 0 aromatic heterocycles. The molecule has 0 spiro atoms. The molecular weight excluding hydrogens is 322 g/mol. The number of nitrogens with zero attached hydrogens (tertiary/aromatic N) is 1. The number of phenolic OH excluding ortho intramolecular Hbond substituents is 1. The molecule has 20 heavy (non-hydrogen) atoms. The molecule has 0 bridgehead atoms. The van der Waals surface area contributed by atoms with Gasteiger partial charge in [0.2, 0.25) is 0 Å². The van der Waals surface area contributed by atoms with E-state index in [0.717, 1.165) is 4.47 Å². The first kappa shape index (κ1) is 14.1. The van der Waals surface area contributed by atoms with Crippen molar-refractivity contribution in [2.75, 3.05) is 5.73 Å². The highest BCUT2D eigenvalue weighted by Gasteiger charge is 2.07. The van der Waals surface area contributed by atoms with E-state index >= 15 is 0 Å². The second kappa shape index (κ2) is 6.21. The summed E-state index contributed by atoms with van der Waals surface area (Å²) in [6, 6.07) is 11.6. The number of nitrogens with one attached hydrogen (secondary N) is 1. The predicted octanol–water partition coefficient (Wildman–Crippen LogP) is 2.50. The number of hydrogen-bond acceptors (Lipinski definition) is 4. The molecular formula is C14H12BrN3O2. The van der Waals surface area contributed by atoms with Crippen LogP contribution in [-0.2, 0) is 0 Å². The highest BCUT2D eigenvalue weighted by molar-refractivity contribution is 9.10. The molecule has 2 rings (SSSR count). The Morgan fingerprint density at radius 3 is 2.80 bits per heavy atom. The molecule has 0 atom stereocenters. The van der Waals surface area contributed by atoms with Crippen molar-refractivity contribution >= 4 is 33.7 Å². The smallest absolute Gasteiger partial charge is 0.273 e. The van der Waals surface area contributed by atoms with Crippen molar-refractivity contribution in [3.8, 4) is 5.75 Å². The summed E-state index contributed by atoms with van der Waals surface area (Å²) in [5, 5.41) is 13.4. The number of carbonyl (C=O) groups excluding carboxylic acids is 1. The van der Waals surface area contributed by atoms with E-state index in [9.17, 15) is 9.90 Å². The van der Waals surface area contributed by atoms with Crippen LogP contribution in [0.3, 0.4) is 0 Å². The molecule has 6 heteroatoms. The van der Waals surface area contributed by atoms with E-state index < -0.39 is 5.91 Å². The Balaban J connectivity index is 2.09. The third kappa shape index (κ3) is 3.36. The molecule has 0 saturated heterocycles. The molecule has 0 heterocycles. The van der Waals surface area contributed by atoms with Crippen LogP contribution >= 0.6 is 15.9 Å². The van der Waals surface area contributed by atoms with Gasteiger partial charge in [-0.05, 0) is 30.3 Å². The van der Waals surface area contributed by atoms with Gasteiger partial charge in [-0.25, -0.2) is 5.43 Å². The van der Waals surface area contributed by atoms with Crippen LogP contribution in [0.4, 0.5) is 5.69 Å². The maximum atomic E-state index is 11.8. The minimum atomic E-state index is -0.408. The summed E-state index contributed by atoms with van der Waals surface area (Å²) in [4.78, 5) is 11.8. The molecule has 4 N–H and O–H groups in total.